The number of ketones is 1. The van der Waals surface area contributed by atoms with E-state index in [-0.39, 0.29) is 19.0 Å². The Morgan fingerprint density at radius 3 is 2.26 bits per heavy atom. The van der Waals surface area contributed by atoms with E-state index in [0.29, 0.717) is 18.7 Å². The highest BCUT2D eigenvalue weighted by atomic mass is 16.3. The quantitative estimate of drug-likeness (QED) is 0.701. The van der Waals surface area contributed by atoms with Crippen LogP contribution in [0.15, 0.2) is 48.5 Å². The van der Waals surface area contributed by atoms with Crippen molar-refractivity contribution in [2.75, 3.05) is 43.2 Å². The van der Waals surface area contributed by atoms with Crippen LogP contribution in [0.3, 0.4) is 0 Å². The SMILES string of the molecule is CCC1(C(=O)c2ccc(N(CCO)CCO)cc2)Cc2ccccc2N1C. The van der Waals surface area contributed by atoms with E-state index in [0.717, 1.165) is 24.2 Å². The Bertz CT molecular complexity index is 784. The maximum atomic E-state index is 13.5. The third kappa shape index (κ3) is 3.45. The second kappa shape index (κ2) is 8.11. The lowest BCUT2D eigenvalue weighted by Gasteiger charge is -2.36. The first-order valence-corrected chi connectivity index (χ1v) is 9.50. The number of fused-ring (bicyclic) bond motifs is 1. The zero-order valence-electron chi connectivity index (χ0n) is 16.1. The molecule has 3 rings (SSSR count). The predicted octanol–water partition coefficient (Wildman–Crippen LogP) is 2.50. The van der Waals surface area contributed by atoms with E-state index in [1.807, 2.05) is 48.3 Å². The Kier molecular flexibility index (Phi) is 5.82. The largest absolute Gasteiger partial charge is 0.395 e. The van der Waals surface area contributed by atoms with Gasteiger partial charge in [-0.3, -0.25) is 4.79 Å². The van der Waals surface area contributed by atoms with Crippen LogP contribution >= 0.6 is 0 Å². The summed E-state index contributed by atoms with van der Waals surface area (Å²) in [6.45, 7) is 3.00. The number of aliphatic hydroxyl groups is 2. The summed E-state index contributed by atoms with van der Waals surface area (Å²) in [6, 6.07) is 15.7. The van der Waals surface area contributed by atoms with Crippen LogP contribution in [0, 0.1) is 0 Å². The third-order valence-electron chi connectivity index (χ3n) is 5.72. The zero-order valence-corrected chi connectivity index (χ0v) is 16.1. The van der Waals surface area contributed by atoms with E-state index >= 15 is 0 Å². The van der Waals surface area contributed by atoms with Crippen LogP contribution in [0.5, 0.6) is 0 Å². The summed E-state index contributed by atoms with van der Waals surface area (Å²) in [5.74, 6) is 0.131. The monoisotopic (exact) mass is 368 g/mol. The number of nitrogens with zero attached hydrogens (tertiary/aromatic N) is 2. The van der Waals surface area contributed by atoms with Crippen LogP contribution in [0.2, 0.25) is 0 Å². The molecule has 0 saturated heterocycles. The van der Waals surface area contributed by atoms with Gasteiger partial charge in [0.15, 0.2) is 5.78 Å². The Morgan fingerprint density at radius 1 is 1.07 bits per heavy atom. The van der Waals surface area contributed by atoms with E-state index in [4.69, 9.17) is 0 Å². The third-order valence-corrected chi connectivity index (χ3v) is 5.72. The smallest absolute Gasteiger partial charge is 0.188 e. The summed E-state index contributed by atoms with van der Waals surface area (Å²) < 4.78 is 0. The molecule has 0 fully saturated rings. The van der Waals surface area contributed by atoms with Gasteiger partial charge < -0.3 is 20.0 Å². The molecule has 0 aliphatic carbocycles. The number of likely N-dealkylation sites (N-methyl/N-ethyl adjacent to an activating group) is 1. The molecule has 2 N–H and O–H groups in total. The molecular formula is C22H28N2O3. The van der Waals surface area contributed by atoms with Gasteiger partial charge in [0.25, 0.3) is 0 Å². The summed E-state index contributed by atoms with van der Waals surface area (Å²) in [6.07, 6.45) is 1.46. The number of anilines is 2. The van der Waals surface area contributed by atoms with Crippen molar-refractivity contribution < 1.29 is 15.0 Å². The van der Waals surface area contributed by atoms with Crippen LogP contribution in [0.4, 0.5) is 11.4 Å². The molecule has 0 saturated carbocycles. The lowest BCUT2D eigenvalue weighted by Crippen LogP contribution is -2.51. The summed E-state index contributed by atoms with van der Waals surface area (Å²) in [5, 5.41) is 18.4. The van der Waals surface area contributed by atoms with Crippen molar-refractivity contribution in [1.29, 1.82) is 0 Å². The maximum absolute atomic E-state index is 13.5. The van der Waals surface area contributed by atoms with Gasteiger partial charge in [0.05, 0.1) is 13.2 Å². The molecule has 1 heterocycles. The van der Waals surface area contributed by atoms with E-state index in [9.17, 15) is 15.0 Å². The van der Waals surface area contributed by atoms with Crippen molar-refractivity contribution in [2.45, 2.75) is 25.3 Å². The second-order valence-corrected chi connectivity index (χ2v) is 7.06. The lowest BCUT2D eigenvalue weighted by atomic mass is 9.83. The van der Waals surface area contributed by atoms with Crippen molar-refractivity contribution in [1.82, 2.24) is 0 Å². The normalized spacial score (nSPS) is 18.4. The fourth-order valence-corrected chi connectivity index (χ4v) is 4.11. The molecule has 0 radical (unpaired) electrons. The average molecular weight is 368 g/mol. The first kappa shape index (κ1) is 19.4. The Hall–Kier alpha value is -2.37. The van der Waals surface area contributed by atoms with Crippen LogP contribution in [0.1, 0.15) is 29.3 Å². The minimum absolute atomic E-state index is 0.0165. The molecule has 5 nitrogen and oxygen atoms in total. The standard InChI is InChI=1S/C22H28N2O3/c1-3-22(16-18-6-4-5-7-20(18)23(22)2)21(27)17-8-10-19(11-9-17)24(12-14-25)13-15-26/h4-11,25-26H,3,12-16H2,1-2H3. The molecule has 0 spiro atoms. The van der Waals surface area contributed by atoms with Crippen molar-refractivity contribution in [2.24, 2.45) is 0 Å². The molecule has 5 heteroatoms. The molecular weight excluding hydrogens is 340 g/mol. The highest BCUT2D eigenvalue weighted by Crippen LogP contribution is 2.41. The van der Waals surface area contributed by atoms with Gasteiger partial charge in [-0.15, -0.1) is 0 Å². The number of carbonyl (C=O) groups excluding carboxylic acids is 1. The number of benzene rings is 2. The van der Waals surface area contributed by atoms with Gasteiger partial charge in [0.1, 0.15) is 5.54 Å². The van der Waals surface area contributed by atoms with E-state index < -0.39 is 5.54 Å². The number of aliphatic hydroxyl groups excluding tert-OH is 2. The van der Waals surface area contributed by atoms with Gasteiger partial charge in [-0.2, -0.15) is 0 Å². The highest BCUT2D eigenvalue weighted by molar-refractivity contribution is 6.07. The van der Waals surface area contributed by atoms with Gasteiger partial charge >= 0.3 is 0 Å². The number of Topliss-reactive ketones (excluding diaryl/α,β-unsaturated/α-hetero) is 1. The van der Waals surface area contributed by atoms with Crippen molar-refractivity contribution in [3.05, 3.63) is 59.7 Å². The second-order valence-electron chi connectivity index (χ2n) is 7.06. The molecule has 1 aliphatic heterocycles. The van der Waals surface area contributed by atoms with Gasteiger partial charge in [-0.05, 0) is 42.3 Å². The van der Waals surface area contributed by atoms with Crippen LogP contribution in [-0.2, 0) is 6.42 Å². The summed E-state index contributed by atoms with van der Waals surface area (Å²) in [5.41, 5.74) is 3.36. The van der Waals surface area contributed by atoms with Gasteiger partial charge in [0, 0.05) is 43.5 Å². The molecule has 144 valence electrons. The highest BCUT2D eigenvalue weighted by Gasteiger charge is 2.46. The first-order valence-electron chi connectivity index (χ1n) is 9.50. The summed E-state index contributed by atoms with van der Waals surface area (Å²) in [4.78, 5) is 17.5. The minimum Gasteiger partial charge on any atom is -0.395 e. The van der Waals surface area contributed by atoms with Gasteiger partial charge in [-0.1, -0.05) is 25.1 Å². The maximum Gasteiger partial charge on any atom is 0.188 e. The number of rotatable bonds is 8. The van der Waals surface area contributed by atoms with E-state index in [2.05, 4.69) is 24.0 Å². The topological polar surface area (TPSA) is 64.0 Å². The van der Waals surface area contributed by atoms with Crippen LogP contribution < -0.4 is 9.80 Å². The zero-order chi connectivity index (χ0) is 19.4. The molecule has 1 atom stereocenters. The number of carbonyl (C=O) groups is 1. The molecule has 1 aliphatic rings. The Morgan fingerprint density at radius 2 is 1.70 bits per heavy atom. The van der Waals surface area contributed by atoms with Crippen LogP contribution in [0.25, 0.3) is 0 Å². The lowest BCUT2D eigenvalue weighted by molar-refractivity contribution is 0.0886. The van der Waals surface area contributed by atoms with Gasteiger partial charge in [-0.25, -0.2) is 0 Å². The molecule has 0 bridgehead atoms. The fraction of sp³-hybridized carbons (Fsp3) is 0.409. The molecule has 0 amide bonds. The Labute approximate surface area is 160 Å². The average Bonchev–Trinajstić information content (AvgIpc) is 3.00. The van der Waals surface area contributed by atoms with Gasteiger partial charge in [0.2, 0.25) is 0 Å². The molecule has 0 aromatic heterocycles. The number of hydrogen-bond acceptors (Lipinski definition) is 5. The number of para-hydroxylation sites is 1. The molecule has 2 aromatic rings. The summed E-state index contributed by atoms with van der Waals surface area (Å²) in [7, 11) is 2.01. The molecule has 27 heavy (non-hydrogen) atoms. The van der Waals surface area contributed by atoms with Crippen molar-refractivity contribution >= 4 is 17.2 Å². The number of hydrogen-bond donors (Lipinski definition) is 2. The fourth-order valence-electron chi connectivity index (χ4n) is 4.11. The molecule has 1 unspecified atom stereocenters. The molecule has 2 aromatic carbocycles. The Balaban J connectivity index is 1.87. The van der Waals surface area contributed by atoms with Crippen LogP contribution in [-0.4, -0.2) is 54.9 Å². The summed E-state index contributed by atoms with van der Waals surface area (Å²) >= 11 is 0. The van der Waals surface area contributed by atoms with E-state index in [1.165, 1.54) is 5.56 Å². The first-order chi connectivity index (χ1) is 13.1. The van der Waals surface area contributed by atoms with Crippen molar-refractivity contribution in [3.8, 4) is 0 Å². The predicted molar refractivity (Wildman–Crippen MR) is 109 cm³/mol. The van der Waals surface area contributed by atoms with Crippen molar-refractivity contribution in [3.63, 3.8) is 0 Å². The van der Waals surface area contributed by atoms with E-state index in [1.54, 1.807) is 0 Å². The minimum atomic E-state index is -0.554.